The maximum absolute atomic E-state index is 14.1. The van der Waals surface area contributed by atoms with Crippen LogP contribution in [0.4, 0.5) is 20.4 Å². The van der Waals surface area contributed by atoms with Gasteiger partial charge in [0.2, 0.25) is 11.7 Å². The first-order valence-electron chi connectivity index (χ1n) is 8.01. The van der Waals surface area contributed by atoms with Gasteiger partial charge in [-0.2, -0.15) is 4.98 Å². The molecule has 2 aromatic carbocycles. The number of methoxy groups -OCH3 is 1. The van der Waals surface area contributed by atoms with Crippen molar-refractivity contribution in [2.24, 2.45) is 0 Å². The highest BCUT2D eigenvalue weighted by atomic mass is 35.5. The number of ether oxygens (including phenoxy) is 1. The van der Waals surface area contributed by atoms with Gasteiger partial charge in [0.1, 0.15) is 11.6 Å². The van der Waals surface area contributed by atoms with Gasteiger partial charge in [-0.3, -0.25) is 4.79 Å². The summed E-state index contributed by atoms with van der Waals surface area (Å²) in [7, 11) is 1.32. The van der Waals surface area contributed by atoms with Crippen molar-refractivity contribution in [3.63, 3.8) is 0 Å². The Kier molecular flexibility index (Phi) is 5.41. The molecule has 8 heteroatoms. The summed E-state index contributed by atoms with van der Waals surface area (Å²) in [6, 6.07) is 8.84. The molecule has 0 saturated carbocycles. The summed E-state index contributed by atoms with van der Waals surface area (Å²) in [6.07, 6.45) is 1.35. The minimum absolute atomic E-state index is 0.0416. The molecule has 0 amide bonds. The number of benzene rings is 2. The summed E-state index contributed by atoms with van der Waals surface area (Å²) in [6.45, 7) is 1.61. The Morgan fingerprint density at radius 2 is 1.85 bits per heavy atom. The summed E-state index contributed by atoms with van der Waals surface area (Å²) in [5, 5.41) is 3.53. The first-order valence-corrected chi connectivity index (χ1v) is 8.39. The molecule has 0 saturated heterocycles. The molecule has 0 bridgehead atoms. The lowest BCUT2D eigenvalue weighted by Crippen LogP contribution is -2.19. The third-order valence-corrected chi connectivity index (χ3v) is 4.50. The van der Waals surface area contributed by atoms with E-state index >= 15 is 0 Å². The zero-order valence-corrected chi connectivity index (χ0v) is 15.3. The lowest BCUT2D eigenvalue weighted by molar-refractivity contribution is 0.402. The van der Waals surface area contributed by atoms with Gasteiger partial charge in [-0.1, -0.05) is 23.7 Å². The Labute approximate surface area is 159 Å². The van der Waals surface area contributed by atoms with E-state index in [-0.39, 0.29) is 23.8 Å². The van der Waals surface area contributed by atoms with E-state index in [0.29, 0.717) is 10.7 Å². The molecule has 5 nitrogen and oxygen atoms in total. The van der Waals surface area contributed by atoms with E-state index < -0.39 is 17.2 Å². The first kappa shape index (κ1) is 18.8. The molecule has 1 heterocycles. The highest BCUT2D eigenvalue weighted by Crippen LogP contribution is 2.26. The zero-order chi connectivity index (χ0) is 19.6. The summed E-state index contributed by atoms with van der Waals surface area (Å²) < 4.78 is 34.5. The molecule has 1 N–H and O–H groups in total. The minimum Gasteiger partial charge on any atom is -0.490 e. The van der Waals surface area contributed by atoms with Crippen LogP contribution in [0.3, 0.4) is 0 Å². The van der Waals surface area contributed by atoms with Crippen LogP contribution in [0, 0.1) is 18.6 Å². The van der Waals surface area contributed by atoms with Crippen molar-refractivity contribution in [2.75, 3.05) is 12.4 Å². The van der Waals surface area contributed by atoms with Gasteiger partial charge in [0, 0.05) is 16.3 Å². The third-order valence-electron chi connectivity index (χ3n) is 4.09. The average molecular weight is 392 g/mol. The normalized spacial score (nSPS) is 10.7. The van der Waals surface area contributed by atoms with Gasteiger partial charge in [-0.25, -0.2) is 8.78 Å². The molecule has 27 heavy (non-hydrogen) atoms. The van der Waals surface area contributed by atoms with Crippen molar-refractivity contribution in [1.82, 2.24) is 9.55 Å². The second kappa shape index (κ2) is 7.75. The molecule has 1 aromatic heterocycles. The minimum atomic E-state index is -0.697. The van der Waals surface area contributed by atoms with Crippen LogP contribution in [0.25, 0.3) is 0 Å². The number of nitrogens with one attached hydrogen (secondary N) is 1. The molecule has 3 aromatic rings. The Morgan fingerprint density at radius 3 is 2.52 bits per heavy atom. The molecule has 0 radical (unpaired) electrons. The zero-order valence-electron chi connectivity index (χ0n) is 14.6. The fourth-order valence-corrected chi connectivity index (χ4v) is 2.73. The molecule has 0 fully saturated rings. The van der Waals surface area contributed by atoms with E-state index in [1.807, 2.05) is 0 Å². The van der Waals surface area contributed by atoms with Gasteiger partial charge in [0.25, 0.3) is 0 Å². The van der Waals surface area contributed by atoms with Crippen LogP contribution in [0.15, 0.2) is 47.4 Å². The van der Waals surface area contributed by atoms with Gasteiger partial charge in [-0.15, -0.1) is 0 Å². The molecule has 0 aliphatic heterocycles. The molecule has 3 rings (SSSR count). The predicted octanol–water partition coefficient (Wildman–Crippen LogP) is 4.28. The van der Waals surface area contributed by atoms with E-state index in [9.17, 15) is 13.6 Å². The Morgan fingerprint density at radius 1 is 1.19 bits per heavy atom. The quantitative estimate of drug-likeness (QED) is 0.705. The highest BCUT2D eigenvalue weighted by molar-refractivity contribution is 6.31. The van der Waals surface area contributed by atoms with Gasteiger partial charge in [0.05, 0.1) is 19.9 Å². The van der Waals surface area contributed by atoms with Crippen LogP contribution in [0.5, 0.6) is 5.75 Å². The van der Waals surface area contributed by atoms with Gasteiger partial charge >= 0.3 is 5.56 Å². The van der Waals surface area contributed by atoms with Crippen molar-refractivity contribution in [1.29, 1.82) is 0 Å². The third kappa shape index (κ3) is 3.93. The van der Waals surface area contributed by atoms with Crippen LogP contribution < -0.4 is 15.6 Å². The van der Waals surface area contributed by atoms with Crippen molar-refractivity contribution in [3.05, 3.63) is 80.7 Å². The van der Waals surface area contributed by atoms with Crippen molar-refractivity contribution in [3.8, 4) is 5.75 Å². The molecule has 0 unspecified atom stereocenters. The molecular formula is C19H16ClF2N3O2. The molecule has 0 aliphatic carbocycles. The molecular weight excluding hydrogens is 376 g/mol. The maximum Gasteiger partial charge on any atom is 0.316 e. The first-order chi connectivity index (χ1) is 12.9. The summed E-state index contributed by atoms with van der Waals surface area (Å²) in [4.78, 5) is 16.0. The number of nitrogens with zero attached hydrogens (tertiary/aromatic N) is 2. The number of hydrogen-bond acceptors (Lipinski definition) is 4. The van der Waals surface area contributed by atoms with Gasteiger partial charge in [0.15, 0.2) is 0 Å². The average Bonchev–Trinajstić information content (AvgIpc) is 2.63. The molecule has 0 spiro atoms. The summed E-state index contributed by atoms with van der Waals surface area (Å²) in [5.41, 5.74) is 0.594. The van der Waals surface area contributed by atoms with Crippen LogP contribution in [-0.4, -0.2) is 16.7 Å². The number of anilines is 2. The monoisotopic (exact) mass is 391 g/mol. The van der Waals surface area contributed by atoms with E-state index in [1.165, 1.54) is 36.1 Å². The van der Waals surface area contributed by atoms with E-state index in [2.05, 4.69) is 10.3 Å². The summed E-state index contributed by atoms with van der Waals surface area (Å²) in [5.74, 6) is -1.33. The number of halogens is 3. The van der Waals surface area contributed by atoms with Gasteiger partial charge in [-0.05, 0) is 36.8 Å². The SMILES string of the molecule is COc1cn(Cc2c(F)cccc2F)c(Nc2cccc(Cl)c2C)nc1=O. The summed E-state index contributed by atoms with van der Waals surface area (Å²) >= 11 is 6.12. The number of hydrogen-bond donors (Lipinski definition) is 1. The Bertz CT molecular complexity index is 1030. The second-order valence-electron chi connectivity index (χ2n) is 5.80. The Balaban J connectivity index is 2.09. The lowest BCUT2D eigenvalue weighted by Gasteiger charge is -2.17. The standard InChI is InChI=1S/C19H16ClF2N3O2/c1-11-13(20)5-3-8-16(11)23-19-24-18(26)17(27-2)10-25(19)9-12-14(21)6-4-7-15(12)22/h3-8,10H,9H2,1-2H3,(H,23,24,26). The Hall–Kier alpha value is -2.93. The molecule has 0 atom stereocenters. The van der Waals surface area contributed by atoms with Crippen molar-refractivity contribution < 1.29 is 13.5 Å². The molecule has 140 valence electrons. The lowest BCUT2D eigenvalue weighted by atomic mass is 10.2. The second-order valence-corrected chi connectivity index (χ2v) is 6.21. The topological polar surface area (TPSA) is 56.1 Å². The van der Waals surface area contributed by atoms with Gasteiger partial charge < -0.3 is 14.6 Å². The predicted molar refractivity (Wildman–Crippen MR) is 100.0 cm³/mol. The van der Waals surface area contributed by atoms with E-state index in [0.717, 1.165) is 5.56 Å². The molecule has 0 aliphatic rings. The van der Waals surface area contributed by atoms with E-state index in [4.69, 9.17) is 16.3 Å². The van der Waals surface area contributed by atoms with Crippen LogP contribution in [0.2, 0.25) is 5.02 Å². The van der Waals surface area contributed by atoms with Crippen LogP contribution in [-0.2, 0) is 6.54 Å². The maximum atomic E-state index is 14.1. The van der Waals surface area contributed by atoms with Crippen LogP contribution in [0.1, 0.15) is 11.1 Å². The van der Waals surface area contributed by atoms with Crippen molar-refractivity contribution >= 4 is 23.2 Å². The fourth-order valence-electron chi connectivity index (χ4n) is 2.55. The highest BCUT2D eigenvalue weighted by Gasteiger charge is 2.15. The smallest absolute Gasteiger partial charge is 0.316 e. The number of aromatic nitrogens is 2. The fraction of sp³-hybridized carbons (Fsp3) is 0.158. The van der Waals surface area contributed by atoms with E-state index in [1.54, 1.807) is 25.1 Å². The van der Waals surface area contributed by atoms with Crippen molar-refractivity contribution in [2.45, 2.75) is 13.5 Å². The number of rotatable bonds is 5. The largest absolute Gasteiger partial charge is 0.490 e. The van der Waals surface area contributed by atoms with Crippen LogP contribution >= 0.6 is 11.6 Å².